The standard InChI is InChI=1S/C13H15N3O2/c1-2-7-15-12(17)8-13(18)16-11-5-3-10(9-14)4-6-11/h3-6H,2,7-8H2,1H3,(H,15,17)(H,16,18). The van der Waals surface area contributed by atoms with Crippen molar-refractivity contribution in [2.24, 2.45) is 0 Å². The van der Waals surface area contributed by atoms with Gasteiger partial charge in [0.05, 0.1) is 11.6 Å². The third-order valence-corrected chi connectivity index (χ3v) is 2.19. The van der Waals surface area contributed by atoms with Crippen LogP contribution in [0.15, 0.2) is 24.3 Å². The van der Waals surface area contributed by atoms with E-state index in [0.29, 0.717) is 17.8 Å². The number of carbonyl (C=O) groups is 2. The van der Waals surface area contributed by atoms with Crippen molar-refractivity contribution in [2.45, 2.75) is 19.8 Å². The third kappa shape index (κ3) is 4.66. The smallest absolute Gasteiger partial charge is 0.233 e. The van der Waals surface area contributed by atoms with E-state index in [4.69, 9.17) is 5.26 Å². The fourth-order valence-electron chi connectivity index (χ4n) is 1.31. The van der Waals surface area contributed by atoms with Crippen molar-refractivity contribution in [3.8, 4) is 6.07 Å². The first-order valence-electron chi connectivity index (χ1n) is 5.72. The predicted molar refractivity (Wildman–Crippen MR) is 67.7 cm³/mol. The van der Waals surface area contributed by atoms with E-state index in [1.54, 1.807) is 24.3 Å². The molecule has 1 rings (SSSR count). The highest BCUT2D eigenvalue weighted by atomic mass is 16.2. The average Bonchev–Trinajstić information content (AvgIpc) is 2.37. The largest absolute Gasteiger partial charge is 0.356 e. The molecule has 2 N–H and O–H groups in total. The summed E-state index contributed by atoms with van der Waals surface area (Å²) < 4.78 is 0. The molecule has 1 aromatic rings. The minimum atomic E-state index is -0.367. The minimum absolute atomic E-state index is 0.194. The van der Waals surface area contributed by atoms with Gasteiger partial charge in [-0.25, -0.2) is 0 Å². The summed E-state index contributed by atoms with van der Waals surface area (Å²) in [4.78, 5) is 22.8. The summed E-state index contributed by atoms with van der Waals surface area (Å²) in [6, 6.07) is 8.44. The summed E-state index contributed by atoms with van der Waals surface area (Å²) in [6.45, 7) is 2.51. The number of amides is 2. The van der Waals surface area contributed by atoms with Gasteiger partial charge in [-0.15, -0.1) is 0 Å². The van der Waals surface area contributed by atoms with Crippen molar-refractivity contribution in [3.05, 3.63) is 29.8 Å². The quantitative estimate of drug-likeness (QED) is 0.769. The maximum atomic E-state index is 11.5. The van der Waals surface area contributed by atoms with Crippen LogP contribution in [-0.4, -0.2) is 18.4 Å². The Balaban J connectivity index is 2.44. The van der Waals surface area contributed by atoms with Crippen LogP contribution in [0.1, 0.15) is 25.3 Å². The van der Waals surface area contributed by atoms with Gasteiger partial charge in [0.15, 0.2) is 0 Å². The summed E-state index contributed by atoms with van der Waals surface area (Å²) in [5.41, 5.74) is 1.09. The molecular weight excluding hydrogens is 230 g/mol. The number of nitrogens with zero attached hydrogens (tertiary/aromatic N) is 1. The zero-order valence-corrected chi connectivity index (χ0v) is 10.2. The van der Waals surface area contributed by atoms with Gasteiger partial charge in [-0.1, -0.05) is 6.92 Å². The minimum Gasteiger partial charge on any atom is -0.356 e. The molecule has 0 atom stereocenters. The number of anilines is 1. The molecule has 5 heteroatoms. The normalized spacial score (nSPS) is 9.33. The lowest BCUT2D eigenvalue weighted by molar-refractivity contribution is -0.126. The summed E-state index contributed by atoms with van der Waals surface area (Å²) >= 11 is 0. The number of carbonyl (C=O) groups excluding carboxylic acids is 2. The van der Waals surface area contributed by atoms with Crippen molar-refractivity contribution in [1.82, 2.24) is 5.32 Å². The van der Waals surface area contributed by atoms with Crippen molar-refractivity contribution in [3.63, 3.8) is 0 Å². The van der Waals surface area contributed by atoms with Gasteiger partial charge in [-0.3, -0.25) is 9.59 Å². The first-order valence-corrected chi connectivity index (χ1v) is 5.72. The third-order valence-electron chi connectivity index (χ3n) is 2.19. The maximum Gasteiger partial charge on any atom is 0.233 e. The lowest BCUT2D eigenvalue weighted by atomic mass is 10.2. The topological polar surface area (TPSA) is 82.0 Å². The molecule has 0 radical (unpaired) electrons. The average molecular weight is 245 g/mol. The first kappa shape index (κ1) is 13.7. The number of hydrogen-bond acceptors (Lipinski definition) is 3. The zero-order valence-electron chi connectivity index (χ0n) is 10.2. The van der Waals surface area contributed by atoms with Gasteiger partial charge < -0.3 is 10.6 Å². The van der Waals surface area contributed by atoms with E-state index in [0.717, 1.165) is 6.42 Å². The Bertz CT molecular complexity index is 460. The lowest BCUT2D eigenvalue weighted by Crippen LogP contribution is -2.28. The van der Waals surface area contributed by atoms with Crippen LogP contribution in [0.2, 0.25) is 0 Å². The van der Waals surface area contributed by atoms with E-state index >= 15 is 0 Å². The molecule has 1 aromatic carbocycles. The van der Waals surface area contributed by atoms with Crippen LogP contribution < -0.4 is 10.6 Å². The molecule has 18 heavy (non-hydrogen) atoms. The van der Waals surface area contributed by atoms with E-state index < -0.39 is 0 Å². The second kappa shape index (κ2) is 7.07. The summed E-state index contributed by atoms with van der Waals surface area (Å²) in [5.74, 6) is -0.656. The Morgan fingerprint density at radius 3 is 2.44 bits per heavy atom. The second-order valence-corrected chi connectivity index (χ2v) is 3.76. The van der Waals surface area contributed by atoms with E-state index in [-0.39, 0.29) is 18.2 Å². The van der Waals surface area contributed by atoms with Gasteiger partial charge in [0.2, 0.25) is 11.8 Å². The first-order chi connectivity index (χ1) is 8.65. The Hall–Kier alpha value is -2.35. The molecule has 0 saturated carbocycles. The fraction of sp³-hybridized carbons (Fsp3) is 0.308. The van der Waals surface area contributed by atoms with Crippen LogP contribution in [0, 0.1) is 11.3 Å². The molecular formula is C13H15N3O2. The summed E-state index contributed by atoms with van der Waals surface area (Å²) in [7, 11) is 0. The fourth-order valence-corrected chi connectivity index (χ4v) is 1.31. The van der Waals surface area contributed by atoms with Crippen molar-refractivity contribution in [1.29, 1.82) is 5.26 Å². The molecule has 0 aliphatic heterocycles. The maximum absolute atomic E-state index is 11.5. The van der Waals surface area contributed by atoms with Crippen LogP contribution in [0.5, 0.6) is 0 Å². The molecule has 0 aliphatic rings. The lowest BCUT2D eigenvalue weighted by Gasteiger charge is -2.05. The number of nitriles is 1. The Morgan fingerprint density at radius 2 is 1.89 bits per heavy atom. The number of hydrogen-bond donors (Lipinski definition) is 2. The molecule has 0 fully saturated rings. The molecule has 5 nitrogen and oxygen atoms in total. The van der Waals surface area contributed by atoms with Crippen molar-refractivity contribution in [2.75, 3.05) is 11.9 Å². The molecule has 0 aromatic heterocycles. The van der Waals surface area contributed by atoms with Crippen LogP contribution in [0.3, 0.4) is 0 Å². The predicted octanol–water partition coefficient (Wildman–Crippen LogP) is 1.41. The molecule has 0 spiro atoms. The Morgan fingerprint density at radius 1 is 1.22 bits per heavy atom. The monoisotopic (exact) mass is 245 g/mol. The summed E-state index contributed by atoms with van der Waals surface area (Å²) in [5, 5.41) is 13.8. The van der Waals surface area contributed by atoms with Crippen molar-refractivity contribution >= 4 is 17.5 Å². The van der Waals surface area contributed by atoms with E-state index in [2.05, 4.69) is 10.6 Å². The van der Waals surface area contributed by atoms with Gasteiger partial charge in [-0.2, -0.15) is 5.26 Å². The van der Waals surface area contributed by atoms with Gasteiger partial charge >= 0.3 is 0 Å². The van der Waals surface area contributed by atoms with Crippen molar-refractivity contribution < 1.29 is 9.59 Å². The zero-order chi connectivity index (χ0) is 13.4. The highest BCUT2D eigenvalue weighted by Crippen LogP contribution is 2.08. The number of rotatable bonds is 5. The highest BCUT2D eigenvalue weighted by molar-refractivity contribution is 6.03. The Labute approximate surface area is 106 Å². The van der Waals surface area contributed by atoms with Gasteiger partial charge in [0.1, 0.15) is 6.42 Å². The SMILES string of the molecule is CCCNC(=O)CC(=O)Nc1ccc(C#N)cc1. The highest BCUT2D eigenvalue weighted by Gasteiger charge is 2.08. The van der Waals surface area contributed by atoms with E-state index in [1.807, 2.05) is 13.0 Å². The molecule has 0 bridgehead atoms. The van der Waals surface area contributed by atoms with E-state index in [9.17, 15) is 9.59 Å². The molecule has 94 valence electrons. The second-order valence-electron chi connectivity index (χ2n) is 3.76. The summed E-state index contributed by atoms with van der Waals surface area (Å²) in [6.07, 6.45) is 0.642. The van der Waals surface area contributed by atoms with Crippen LogP contribution in [0.4, 0.5) is 5.69 Å². The molecule has 2 amide bonds. The van der Waals surface area contributed by atoms with Gasteiger partial charge in [0, 0.05) is 12.2 Å². The number of nitrogens with one attached hydrogen (secondary N) is 2. The van der Waals surface area contributed by atoms with Gasteiger partial charge in [0.25, 0.3) is 0 Å². The Kier molecular flexibility index (Phi) is 5.39. The van der Waals surface area contributed by atoms with Crippen LogP contribution >= 0.6 is 0 Å². The van der Waals surface area contributed by atoms with Crippen LogP contribution in [0.25, 0.3) is 0 Å². The number of benzene rings is 1. The van der Waals surface area contributed by atoms with Gasteiger partial charge in [-0.05, 0) is 30.7 Å². The van der Waals surface area contributed by atoms with Crippen LogP contribution in [-0.2, 0) is 9.59 Å². The molecule has 0 heterocycles. The molecule has 0 saturated heterocycles. The molecule has 0 aliphatic carbocycles. The molecule has 0 unspecified atom stereocenters. The van der Waals surface area contributed by atoms with E-state index in [1.165, 1.54) is 0 Å².